The summed E-state index contributed by atoms with van der Waals surface area (Å²) < 4.78 is 4.77. The summed E-state index contributed by atoms with van der Waals surface area (Å²) in [6, 6.07) is 14.5. The molecule has 0 spiro atoms. The number of hydrogen-bond acceptors (Lipinski definition) is 5. The topological polar surface area (TPSA) is 88.5 Å². The zero-order valence-electron chi connectivity index (χ0n) is 17.4. The summed E-state index contributed by atoms with van der Waals surface area (Å²) in [5.41, 5.74) is 5.90. The van der Waals surface area contributed by atoms with E-state index < -0.39 is 5.97 Å². The minimum Gasteiger partial charge on any atom is -0.465 e. The molecular weight excluding hydrogens is 380 g/mol. The molecule has 3 rings (SSSR count). The van der Waals surface area contributed by atoms with Gasteiger partial charge in [0.1, 0.15) is 5.69 Å². The first-order valence-corrected chi connectivity index (χ1v) is 9.52. The number of aryl methyl sites for hydroxylation is 3. The second-order valence-electron chi connectivity index (χ2n) is 7.15. The standard InChI is InChI=1S/C24H24N2O4/c1-14-8-9-20(18-7-5-6-17(12-18)13-27)25-22(14)23(28)26-21-15(2)10-19(11-16(21)3)24(29)30-4/h5-12,27H,13H2,1-4H3,(H,26,28). The lowest BCUT2D eigenvalue weighted by atomic mass is 10.0. The number of rotatable bonds is 5. The summed E-state index contributed by atoms with van der Waals surface area (Å²) in [7, 11) is 1.33. The Morgan fingerprint density at radius 1 is 1.00 bits per heavy atom. The minimum absolute atomic E-state index is 0.0623. The van der Waals surface area contributed by atoms with Gasteiger partial charge in [0.2, 0.25) is 0 Å². The third-order valence-corrected chi connectivity index (χ3v) is 4.91. The molecule has 3 aromatic rings. The molecule has 30 heavy (non-hydrogen) atoms. The number of nitrogens with zero attached hydrogens (tertiary/aromatic N) is 1. The normalized spacial score (nSPS) is 10.6. The third kappa shape index (κ3) is 4.39. The lowest BCUT2D eigenvalue weighted by Crippen LogP contribution is -2.17. The maximum absolute atomic E-state index is 13.0. The molecule has 0 saturated heterocycles. The summed E-state index contributed by atoms with van der Waals surface area (Å²) in [4.78, 5) is 29.4. The highest BCUT2D eigenvalue weighted by Crippen LogP contribution is 2.25. The van der Waals surface area contributed by atoms with Gasteiger partial charge in [0.25, 0.3) is 5.91 Å². The number of amides is 1. The zero-order valence-corrected chi connectivity index (χ0v) is 17.4. The number of hydrogen-bond donors (Lipinski definition) is 2. The lowest BCUT2D eigenvalue weighted by Gasteiger charge is -2.14. The van der Waals surface area contributed by atoms with Crippen molar-refractivity contribution in [2.75, 3.05) is 12.4 Å². The molecule has 1 amide bonds. The highest BCUT2D eigenvalue weighted by molar-refractivity contribution is 6.05. The summed E-state index contributed by atoms with van der Waals surface area (Å²) in [6.07, 6.45) is 0. The number of benzene rings is 2. The number of aliphatic hydroxyl groups excluding tert-OH is 1. The zero-order chi connectivity index (χ0) is 21.8. The molecule has 0 aliphatic heterocycles. The van der Waals surface area contributed by atoms with E-state index in [4.69, 9.17) is 4.74 Å². The van der Waals surface area contributed by atoms with Crippen molar-refractivity contribution >= 4 is 17.6 Å². The Morgan fingerprint density at radius 3 is 2.33 bits per heavy atom. The fourth-order valence-electron chi connectivity index (χ4n) is 3.32. The molecule has 2 N–H and O–H groups in total. The van der Waals surface area contributed by atoms with Gasteiger partial charge in [-0.25, -0.2) is 9.78 Å². The molecule has 154 valence electrons. The van der Waals surface area contributed by atoms with Gasteiger partial charge in [-0.05, 0) is 67.3 Å². The van der Waals surface area contributed by atoms with Crippen LogP contribution in [0.25, 0.3) is 11.3 Å². The first-order chi connectivity index (χ1) is 14.3. The highest BCUT2D eigenvalue weighted by atomic mass is 16.5. The lowest BCUT2D eigenvalue weighted by molar-refractivity contribution is 0.0600. The molecular formula is C24H24N2O4. The molecule has 0 aliphatic rings. The van der Waals surface area contributed by atoms with Gasteiger partial charge >= 0.3 is 5.97 Å². The molecule has 6 nitrogen and oxygen atoms in total. The van der Waals surface area contributed by atoms with Crippen molar-refractivity contribution in [3.63, 3.8) is 0 Å². The van der Waals surface area contributed by atoms with E-state index >= 15 is 0 Å². The predicted molar refractivity (Wildman–Crippen MR) is 116 cm³/mol. The van der Waals surface area contributed by atoms with Crippen LogP contribution in [0.3, 0.4) is 0 Å². The Balaban J connectivity index is 1.93. The first-order valence-electron chi connectivity index (χ1n) is 9.52. The maximum Gasteiger partial charge on any atom is 0.337 e. The summed E-state index contributed by atoms with van der Waals surface area (Å²) in [5, 5.41) is 12.3. The molecule has 0 bridgehead atoms. The van der Waals surface area contributed by atoms with Gasteiger partial charge in [0.15, 0.2) is 0 Å². The van der Waals surface area contributed by atoms with Crippen LogP contribution >= 0.6 is 0 Å². The van der Waals surface area contributed by atoms with Gasteiger partial charge in [0.05, 0.1) is 25.0 Å². The van der Waals surface area contributed by atoms with Crippen molar-refractivity contribution < 1.29 is 19.4 Å². The number of aromatic nitrogens is 1. The number of methoxy groups -OCH3 is 1. The van der Waals surface area contributed by atoms with Crippen molar-refractivity contribution in [3.8, 4) is 11.3 Å². The molecule has 6 heteroatoms. The first kappa shape index (κ1) is 21.2. The average molecular weight is 404 g/mol. The van der Waals surface area contributed by atoms with Crippen molar-refractivity contribution in [1.29, 1.82) is 0 Å². The number of nitrogens with one attached hydrogen (secondary N) is 1. The Bertz CT molecular complexity index is 1100. The molecule has 0 aliphatic carbocycles. The summed E-state index contributed by atoms with van der Waals surface area (Å²) >= 11 is 0. The second-order valence-corrected chi connectivity index (χ2v) is 7.15. The van der Waals surface area contributed by atoms with Crippen molar-refractivity contribution in [2.24, 2.45) is 0 Å². The molecule has 0 fully saturated rings. The molecule has 2 aromatic carbocycles. The van der Waals surface area contributed by atoms with Crippen LogP contribution in [-0.2, 0) is 11.3 Å². The van der Waals surface area contributed by atoms with Crippen LogP contribution in [0, 0.1) is 20.8 Å². The van der Waals surface area contributed by atoms with Gasteiger partial charge in [-0.3, -0.25) is 4.79 Å². The van der Waals surface area contributed by atoms with E-state index in [9.17, 15) is 14.7 Å². The highest BCUT2D eigenvalue weighted by Gasteiger charge is 2.17. The number of carbonyl (C=O) groups excluding carboxylic acids is 2. The largest absolute Gasteiger partial charge is 0.465 e. The minimum atomic E-state index is -0.422. The van der Waals surface area contributed by atoms with Crippen molar-refractivity contribution in [1.82, 2.24) is 4.98 Å². The number of ether oxygens (including phenoxy) is 1. The van der Waals surface area contributed by atoms with Crippen LogP contribution < -0.4 is 5.32 Å². The molecule has 0 saturated carbocycles. The predicted octanol–water partition coefficient (Wildman–Crippen LogP) is 4.21. The quantitative estimate of drug-likeness (QED) is 0.622. The number of pyridine rings is 1. The van der Waals surface area contributed by atoms with Gasteiger partial charge in [-0.1, -0.05) is 24.3 Å². The van der Waals surface area contributed by atoms with Crippen LogP contribution in [0.4, 0.5) is 5.69 Å². The van der Waals surface area contributed by atoms with Crippen LogP contribution in [0.2, 0.25) is 0 Å². The van der Waals surface area contributed by atoms with E-state index in [1.54, 1.807) is 12.1 Å². The van der Waals surface area contributed by atoms with E-state index in [1.807, 2.05) is 57.2 Å². The maximum atomic E-state index is 13.0. The Kier molecular flexibility index (Phi) is 6.28. The number of anilines is 1. The molecule has 0 unspecified atom stereocenters. The van der Waals surface area contributed by atoms with Crippen molar-refractivity contribution in [3.05, 3.63) is 82.0 Å². The van der Waals surface area contributed by atoms with E-state index in [0.29, 0.717) is 22.6 Å². The Hall–Kier alpha value is -3.51. The molecule has 1 heterocycles. The van der Waals surface area contributed by atoms with Crippen LogP contribution in [0.5, 0.6) is 0 Å². The van der Waals surface area contributed by atoms with Gasteiger partial charge < -0.3 is 15.2 Å². The molecule has 0 atom stereocenters. The van der Waals surface area contributed by atoms with E-state index in [2.05, 4.69) is 10.3 Å². The van der Waals surface area contributed by atoms with Crippen LogP contribution in [-0.4, -0.2) is 29.1 Å². The van der Waals surface area contributed by atoms with E-state index in [1.165, 1.54) is 7.11 Å². The van der Waals surface area contributed by atoms with Crippen LogP contribution in [0.15, 0.2) is 48.5 Å². The Labute approximate surface area is 175 Å². The van der Waals surface area contributed by atoms with Gasteiger partial charge in [-0.15, -0.1) is 0 Å². The van der Waals surface area contributed by atoms with Gasteiger partial charge in [-0.2, -0.15) is 0 Å². The third-order valence-electron chi connectivity index (χ3n) is 4.91. The SMILES string of the molecule is COC(=O)c1cc(C)c(NC(=O)c2nc(-c3cccc(CO)c3)ccc2C)c(C)c1. The average Bonchev–Trinajstić information content (AvgIpc) is 2.75. The molecule has 0 radical (unpaired) electrons. The number of esters is 1. The van der Waals surface area contributed by atoms with Gasteiger partial charge in [0, 0.05) is 11.3 Å². The van der Waals surface area contributed by atoms with E-state index in [0.717, 1.165) is 27.8 Å². The monoisotopic (exact) mass is 404 g/mol. The molecule has 1 aromatic heterocycles. The fourth-order valence-corrected chi connectivity index (χ4v) is 3.32. The van der Waals surface area contributed by atoms with Crippen LogP contribution in [0.1, 0.15) is 43.1 Å². The fraction of sp³-hybridized carbons (Fsp3) is 0.208. The number of aliphatic hydroxyl groups is 1. The smallest absolute Gasteiger partial charge is 0.337 e. The van der Waals surface area contributed by atoms with E-state index in [-0.39, 0.29) is 12.5 Å². The summed E-state index contributed by atoms with van der Waals surface area (Å²) in [6.45, 7) is 5.42. The van der Waals surface area contributed by atoms with Crippen molar-refractivity contribution in [2.45, 2.75) is 27.4 Å². The Morgan fingerprint density at radius 2 is 1.70 bits per heavy atom. The second kappa shape index (κ2) is 8.88. The summed E-state index contributed by atoms with van der Waals surface area (Å²) in [5.74, 6) is -0.751. The number of carbonyl (C=O) groups is 2.